The van der Waals surface area contributed by atoms with Gasteiger partial charge in [0.25, 0.3) is 5.91 Å². The van der Waals surface area contributed by atoms with Gasteiger partial charge in [-0.15, -0.1) is 0 Å². The summed E-state index contributed by atoms with van der Waals surface area (Å²) >= 11 is 0. The predicted molar refractivity (Wildman–Crippen MR) is 101 cm³/mol. The van der Waals surface area contributed by atoms with Crippen LogP contribution < -0.4 is 10.0 Å². The molecule has 1 aromatic carbocycles. The summed E-state index contributed by atoms with van der Waals surface area (Å²) in [5.74, 6) is -1.15. The van der Waals surface area contributed by atoms with Gasteiger partial charge in [0.1, 0.15) is 6.10 Å². The van der Waals surface area contributed by atoms with Gasteiger partial charge in [0.2, 0.25) is 10.0 Å². The molecule has 0 bridgehead atoms. The number of sulfonamides is 1. The minimum atomic E-state index is -3.37. The molecule has 152 valence electrons. The van der Waals surface area contributed by atoms with Crippen LogP contribution in [0.4, 0.5) is 0 Å². The van der Waals surface area contributed by atoms with E-state index in [1.165, 1.54) is 0 Å². The van der Waals surface area contributed by atoms with E-state index in [9.17, 15) is 13.2 Å². The summed E-state index contributed by atoms with van der Waals surface area (Å²) in [5.41, 5.74) is 0.531. The van der Waals surface area contributed by atoms with Gasteiger partial charge >= 0.3 is 0 Å². The molecule has 0 aromatic heterocycles. The lowest BCUT2D eigenvalue weighted by atomic mass is 10.1. The van der Waals surface area contributed by atoms with Crippen molar-refractivity contribution in [3.05, 3.63) is 35.9 Å². The molecule has 0 unspecified atom stereocenters. The molecule has 8 nitrogen and oxygen atoms in total. The molecular weight excluding hydrogens is 372 g/mol. The molecule has 1 aromatic rings. The molecule has 1 amide bonds. The third-order valence-corrected chi connectivity index (χ3v) is 5.47. The highest BCUT2D eigenvalue weighted by Gasteiger charge is 2.33. The second-order valence-corrected chi connectivity index (χ2v) is 8.74. The molecular formula is C18H28N2O6S. The average molecular weight is 400 g/mol. The summed E-state index contributed by atoms with van der Waals surface area (Å²) < 4.78 is 43.4. The van der Waals surface area contributed by atoms with Crippen LogP contribution in [0.5, 0.6) is 0 Å². The van der Waals surface area contributed by atoms with Crippen molar-refractivity contribution < 1.29 is 27.4 Å². The van der Waals surface area contributed by atoms with Gasteiger partial charge in [-0.25, -0.2) is 13.1 Å². The predicted octanol–water partition coefficient (Wildman–Crippen LogP) is 0.892. The summed E-state index contributed by atoms with van der Waals surface area (Å²) in [5, 5.41) is 2.82. The van der Waals surface area contributed by atoms with E-state index in [2.05, 4.69) is 10.0 Å². The molecule has 9 heteroatoms. The molecule has 0 saturated carbocycles. The van der Waals surface area contributed by atoms with Crippen LogP contribution in [0.1, 0.15) is 31.1 Å². The van der Waals surface area contributed by atoms with Gasteiger partial charge in [0, 0.05) is 18.7 Å². The standard InChI is InChI=1S/C18H28N2O6S/c1-4-27(22,23)20-13-15-16(26-18(2,3)25-11-10-24-15)12-19-17(21)14-8-6-5-7-9-14/h5-9,15-16,20H,4,10-13H2,1-3H3,(H,19,21)/t15-,16+/m1/s1. The van der Waals surface area contributed by atoms with Gasteiger partial charge in [-0.2, -0.15) is 0 Å². The fraction of sp³-hybridized carbons (Fsp3) is 0.611. The maximum Gasteiger partial charge on any atom is 0.251 e. The molecule has 0 radical (unpaired) electrons. The lowest BCUT2D eigenvalue weighted by Crippen LogP contribution is -2.52. The number of rotatable bonds is 7. The Hall–Kier alpha value is -1.52. The molecule has 0 aliphatic carbocycles. The van der Waals surface area contributed by atoms with E-state index < -0.39 is 28.0 Å². The van der Waals surface area contributed by atoms with Crippen molar-refractivity contribution in [2.24, 2.45) is 0 Å². The van der Waals surface area contributed by atoms with Crippen LogP contribution in [0.15, 0.2) is 30.3 Å². The van der Waals surface area contributed by atoms with Gasteiger partial charge < -0.3 is 19.5 Å². The third kappa shape index (κ3) is 7.19. The first-order valence-electron chi connectivity index (χ1n) is 8.96. The Morgan fingerprint density at radius 3 is 2.52 bits per heavy atom. The lowest BCUT2D eigenvalue weighted by molar-refractivity contribution is -0.277. The quantitative estimate of drug-likeness (QED) is 0.705. The van der Waals surface area contributed by atoms with Gasteiger partial charge in [0.05, 0.1) is 25.1 Å². The van der Waals surface area contributed by atoms with Crippen LogP contribution in [0, 0.1) is 0 Å². The van der Waals surface area contributed by atoms with Crippen LogP contribution in [0.2, 0.25) is 0 Å². The summed E-state index contributed by atoms with van der Waals surface area (Å²) in [7, 11) is -3.37. The van der Waals surface area contributed by atoms with E-state index in [0.29, 0.717) is 18.8 Å². The normalized spacial score (nSPS) is 23.2. The summed E-state index contributed by atoms with van der Waals surface area (Å²) in [4.78, 5) is 12.3. The third-order valence-electron chi connectivity index (χ3n) is 4.10. The molecule has 1 heterocycles. The van der Waals surface area contributed by atoms with Crippen LogP contribution in [0.25, 0.3) is 0 Å². The number of ether oxygens (including phenoxy) is 3. The first-order valence-corrected chi connectivity index (χ1v) is 10.6. The van der Waals surface area contributed by atoms with E-state index in [1.54, 1.807) is 45.0 Å². The number of amides is 1. The van der Waals surface area contributed by atoms with Crippen molar-refractivity contribution in [2.45, 2.75) is 38.8 Å². The summed E-state index contributed by atoms with van der Waals surface area (Å²) in [6.07, 6.45) is -1.15. The zero-order chi connectivity index (χ0) is 19.9. The molecule has 1 fully saturated rings. The fourth-order valence-electron chi connectivity index (χ4n) is 2.63. The number of hydrogen-bond donors (Lipinski definition) is 2. The van der Waals surface area contributed by atoms with E-state index in [4.69, 9.17) is 14.2 Å². The van der Waals surface area contributed by atoms with Crippen molar-refractivity contribution in [3.63, 3.8) is 0 Å². The Bertz CT molecular complexity index is 708. The minimum absolute atomic E-state index is 0.0232. The second-order valence-electron chi connectivity index (χ2n) is 6.64. The molecule has 0 spiro atoms. The van der Waals surface area contributed by atoms with Crippen LogP contribution in [-0.4, -0.2) is 64.4 Å². The fourth-order valence-corrected chi connectivity index (χ4v) is 3.25. The Kier molecular flexibility index (Phi) is 7.75. The topological polar surface area (TPSA) is 103 Å². The highest BCUT2D eigenvalue weighted by Crippen LogP contribution is 2.20. The summed E-state index contributed by atoms with van der Waals surface area (Å²) in [6, 6.07) is 8.82. The Balaban J connectivity index is 2.07. The van der Waals surface area contributed by atoms with E-state index in [-0.39, 0.29) is 24.7 Å². The molecule has 2 rings (SSSR count). The van der Waals surface area contributed by atoms with Crippen LogP contribution >= 0.6 is 0 Å². The number of carbonyl (C=O) groups is 1. The van der Waals surface area contributed by atoms with Crippen molar-refractivity contribution in [2.75, 3.05) is 32.1 Å². The van der Waals surface area contributed by atoms with Gasteiger partial charge in [-0.3, -0.25) is 4.79 Å². The zero-order valence-electron chi connectivity index (χ0n) is 15.9. The first kappa shape index (κ1) is 21.8. The Morgan fingerprint density at radius 1 is 1.15 bits per heavy atom. The monoisotopic (exact) mass is 400 g/mol. The van der Waals surface area contributed by atoms with Crippen molar-refractivity contribution in [3.8, 4) is 0 Å². The van der Waals surface area contributed by atoms with Crippen LogP contribution in [0.3, 0.4) is 0 Å². The van der Waals surface area contributed by atoms with E-state index >= 15 is 0 Å². The van der Waals surface area contributed by atoms with E-state index in [1.807, 2.05) is 6.07 Å². The van der Waals surface area contributed by atoms with E-state index in [0.717, 1.165) is 0 Å². The van der Waals surface area contributed by atoms with Crippen LogP contribution in [-0.2, 0) is 24.2 Å². The summed E-state index contributed by atoms with van der Waals surface area (Å²) in [6.45, 7) is 5.94. The number of carbonyl (C=O) groups excluding carboxylic acids is 1. The van der Waals surface area contributed by atoms with Gasteiger partial charge in [0.15, 0.2) is 5.79 Å². The maximum atomic E-state index is 12.3. The SMILES string of the molecule is CCS(=O)(=O)NC[C@H]1OCCOC(C)(C)O[C@H]1CNC(=O)c1ccccc1. The molecule has 2 atom stereocenters. The molecule has 2 N–H and O–H groups in total. The van der Waals surface area contributed by atoms with Crippen molar-refractivity contribution in [1.29, 1.82) is 0 Å². The average Bonchev–Trinajstić information content (AvgIpc) is 2.63. The second kappa shape index (κ2) is 9.61. The largest absolute Gasteiger partial charge is 0.372 e. The van der Waals surface area contributed by atoms with Crippen molar-refractivity contribution in [1.82, 2.24) is 10.0 Å². The maximum absolute atomic E-state index is 12.3. The highest BCUT2D eigenvalue weighted by molar-refractivity contribution is 7.89. The lowest BCUT2D eigenvalue weighted by Gasteiger charge is -2.37. The van der Waals surface area contributed by atoms with Gasteiger partial charge in [-0.05, 0) is 32.9 Å². The van der Waals surface area contributed by atoms with Gasteiger partial charge in [-0.1, -0.05) is 18.2 Å². The molecule has 27 heavy (non-hydrogen) atoms. The highest BCUT2D eigenvalue weighted by atomic mass is 32.2. The molecule has 1 saturated heterocycles. The molecule has 1 aliphatic rings. The Labute approximate surface area is 160 Å². The zero-order valence-corrected chi connectivity index (χ0v) is 16.8. The number of benzene rings is 1. The smallest absolute Gasteiger partial charge is 0.251 e. The Morgan fingerprint density at radius 2 is 1.85 bits per heavy atom. The number of hydrogen-bond acceptors (Lipinski definition) is 6. The minimum Gasteiger partial charge on any atom is -0.372 e. The first-order chi connectivity index (χ1) is 12.7. The van der Waals surface area contributed by atoms with Crippen molar-refractivity contribution >= 4 is 15.9 Å². The molecule has 1 aliphatic heterocycles. The number of nitrogens with one attached hydrogen (secondary N) is 2.